The zero-order valence-electron chi connectivity index (χ0n) is 15.5. The van der Waals surface area contributed by atoms with Crippen LogP contribution in [0.3, 0.4) is 0 Å². The Balaban J connectivity index is 2.41. The van der Waals surface area contributed by atoms with Crippen molar-refractivity contribution >= 4 is 22.8 Å². The van der Waals surface area contributed by atoms with Crippen molar-refractivity contribution in [3.63, 3.8) is 0 Å². The number of aliphatic imine (C=N–C) groups is 2. The second-order valence-electron chi connectivity index (χ2n) is 5.74. The zero-order valence-corrected chi connectivity index (χ0v) is 16.3. The maximum Gasteiger partial charge on any atom is 0.432 e. The zero-order chi connectivity index (χ0) is 22.0. The van der Waals surface area contributed by atoms with Crippen molar-refractivity contribution in [1.82, 2.24) is 15.2 Å². The normalized spacial score (nSPS) is 18.3. The van der Waals surface area contributed by atoms with Gasteiger partial charge in [-0.15, -0.1) is 0 Å². The molecule has 0 spiro atoms. The minimum Gasteiger partial charge on any atom is -0.611 e. The highest BCUT2D eigenvalue weighted by molar-refractivity contribution is 7.91. The van der Waals surface area contributed by atoms with Crippen molar-refractivity contribution in [3.05, 3.63) is 35.4 Å². The summed E-state index contributed by atoms with van der Waals surface area (Å²) in [7, 11) is 2.53. The van der Waals surface area contributed by atoms with E-state index in [9.17, 15) is 30.9 Å². The molecule has 0 radical (unpaired) electrons. The Morgan fingerprint density at radius 2 is 2.00 bits per heavy atom. The fourth-order valence-electron chi connectivity index (χ4n) is 2.36. The van der Waals surface area contributed by atoms with Gasteiger partial charge in [0, 0.05) is 26.4 Å². The van der Waals surface area contributed by atoms with E-state index >= 15 is 0 Å². The molecule has 0 aliphatic carbocycles. The maximum atomic E-state index is 13.0. The molecule has 0 bridgehead atoms. The summed E-state index contributed by atoms with van der Waals surface area (Å²) >= 11 is -1.77. The molecule has 2 rings (SSSR count). The maximum absolute atomic E-state index is 13.0. The molecule has 6 nitrogen and oxygen atoms in total. The molecule has 0 saturated carbocycles. The van der Waals surface area contributed by atoms with E-state index in [2.05, 4.69) is 15.0 Å². The molecule has 1 aliphatic heterocycles. The van der Waals surface area contributed by atoms with E-state index in [-0.39, 0.29) is 34.6 Å². The second kappa shape index (κ2) is 8.61. The number of hydrogen-bond donors (Lipinski definition) is 1. The number of hydrogen-bond acceptors (Lipinski definition) is 5. The molecular formula is C16H17F6N5OS. The van der Waals surface area contributed by atoms with Gasteiger partial charge in [0.25, 0.3) is 0 Å². The lowest BCUT2D eigenvalue weighted by atomic mass is 10.2. The van der Waals surface area contributed by atoms with Crippen LogP contribution in [0.5, 0.6) is 0 Å². The lowest BCUT2D eigenvalue weighted by Gasteiger charge is -2.19. The number of nitrogens with zero attached hydrogens (tertiary/aromatic N) is 4. The summed E-state index contributed by atoms with van der Waals surface area (Å²) in [5.74, 6) is 0.237. The molecule has 29 heavy (non-hydrogen) atoms. The Bertz CT molecular complexity index is 849. The van der Waals surface area contributed by atoms with Crippen LogP contribution in [0.25, 0.3) is 0 Å². The standard InChI is InChI=1S/C16H17F6N5OS/c1-4-29(28)10-5-9(15(17,18)19)6-25-13(10)14-26-8-12(27(14)3)24-7-11(23-2)16(20,21)22/h5-7,23H,4,8H2,1-3H3/b11-7-,24-12+. The van der Waals surface area contributed by atoms with Gasteiger partial charge in [0.15, 0.2) is 16.4 Å². The average molecular weight is 441 g/mol. The lowest BCUT2D eigenvalue weighted by Crippen LogP contribution is -2.31. The fraction of sp³-hybridized carbons (Fsp3) is 0.438. The molecule has 1 atom stereocenters. The topological polar surface area (TPSA) is 75.9 Å². The van der Waals surface area contributed by atoms with Gasteiger partial charge in [0.2, 0.25) is 0 Å². The molecule has 0 aromatic carbocycles. The number of likely N-dealkylation sites (N-methyl/N-ethyl adjacent to an activating group) is 1. The monoisotopic (exact) mass is 441 g/mol. The van der Waals surface area contributed by atoms with Crippen molar-refractivity contribution in [1.29, 1.82) is 0 Å². The summed E-state index contributed by atoms with van der Waals surface area (Å²) in [6.45, 7) is 1.42. The number of halogens is 6. The van der Waals surface area contributed by atoms with Crippen LogP contribution in [0.2, 0.25) is 0 Å². The number of pyridine rings is 1. The molecule has 1 N–H and O–H groups in total. The Labute approximate surface area is 165 Å². The average Bonchev–Trinajstić information content (AvgIpc) is 2.99. The SMILES string of the molecule is CC[S+]([O-])c1cc(C(F)(F)F)cnc1C1=NC/C(=N\C=C(/NC)C(F)(F)F)N1C. The predicted octanol–water partition coefficient (Wildman–Crippen LogP) is 2.94. The van der Waals surface area contributed by atoms with Gasteiger partial charge in [-0.05, 0) is 18.1 Å². The van der Waals surface area contributed by atoms with Gasteiger partial charge >= 0.3 is 12.4 Å². The smallest absolute Gasteiger partial charge is 0.432 e. The second-order valence-corrected chi connectivity index (χ2v) is 7.45. The highest BCUT2D eigenvalue weighted by Gasteiger charge is 2.36. The Morgan fingerprint density at radius 1 is 1.34 bits per heavy atom. The summed E-state index contributed by atoms with van der Waals surface area (Å²) in [5.41, 5.74) is -2.17. The first-order valence-electron chi connectivity index (χ1n) is 8.16. The summed E-state index contributed by atoms with van der Waals surface area (Å²) in [6.07, 6.45) is -8.10. The molecule has 0 saturated heterocycles. The minimum absolute atomic E-state index is 0.0421. The van der Waals surface area contributed by atoms with Gasteiger partial charge in [-0.2, -0.15) is 26.3 Å². The molecule has 0 amide bonds. The molecule has 0 fully saturated rings. The van der Waals surface area contributed by atoms with Crippen LogP contribution < -0.4 is 5.32 Å². The van der Waals surface area contributed by atoms with E-state index in [4.69, 9.17) is 0 Å². The van der Waals surface area contributed by atoms with Crippen molar-refractivity contribution in [2.45, 2.75) is 24.2 Å². The number of allylic oxidation sites excluding steroid dienone is 1. The van der Waals surface area contributed by atoms with Gasteiger partial charge in [0.05, 0.1) is 18.3 Å². The summed E-state index contributed by atoms with van der Waals surface area (Å²) < 4.78 is 89.5. The molecule has 2 heterocycles. The van der Waals surface area contributed by atoms with Crippen molar-refractivity contribution in [2.75, 3.05) is 26.4 Å². The third-order valence-electron chi connectivity index (χ3n) is 3.89. The quantitative estimate of drug-likeness (QED) is 0.563. The van der Waals surface area contributed by atoms with Crippen molar-refractivity contribution in [3.8, 4) is 0 Å². The summed E-state index contributed by atoms with van der Waals surface area (Å²) in [4.78, 5) is 12.8. The lowest BCUT2D eigenvalue weighted by molar-refractivity contribution is -0.138. The van der Waals surface area contributed by atoms with Crippen LogP contribution in [0.4, 0.5) is 26.3 Å². The van der Waals surface area contributed by atoms with Crippen LogP contribution >= 0.6 is 0 Å². The third kappa shape index (κ3) is 5.21. The summed E-state index contributed by atoms with van der Waals surface area (Å²) in [6, 6.07) is 0.746. The fourth-order valence-corrected chi connectivity index (χ4v) is 3.29. The molecule has 1 aromatic rings. The van der Waals surface area contributed by atoms with Gasteiger partial charge in [-0.3, -0.25) is 4.99 Å². The molecule has 1 aliphatic rings. The van der Waals surface area contributed by atoms with E-state index < -0.39 is 34.8 Å². The molecule has 1 unspecified atom stereocenters. The van der Waals surface area contributed by atoms with Crippen LogP contribution in [0.1, 0.15) is 18.2 Å². The van der Waals surface area contributed by atoms with Gasteiger partial charge < -0.3 is 14.8 Å². The molecule has 1 aromatic heterocycles. The van der Waals surface area contributed by atoms with Crippen LogP contribution in [0.15, 0.2) is 39.0 Å². The largest absolute Gasteiger partial charge is 0.611 e. The van der Waals surface area contributed by atoms with Gasteiger partial charge in [-0.25, -0.2) is 9.98 Å². The van der Waals surface area contributed by atoms with E-state index in [0.717, 1.165) is 13.1 Å². The highest BCUT2D eigenvalue weighted by Crippen LogP contribution is 2.32. The number of rotatable bonds is 5. The number of amidine groups is 2. The Morgan fingerprint density at radius 3 is 2.52 bits per heavy atom. The first kappa shape index (κ1) is 23.0. The first-order valence-corrected chi connectivity index (χ1v) is 9.48. The number of aromatic nitrogens is 1. The molecular weight excluding hydrogens is 424 g/mol. The van der Waals surface area contributed by atoms with Gasteiger partial charge in [-0.1, -0.05) is 0 Å². The highest BCUT2D eigenvalue weighted by atomic mass is 32.2. The van der Waals surface area contributed by atoms with Crippen LogP contribution in [-0.4, -0.2) is 58.7 Å². The van der Waals surface area contributed by atoms with E-state index in [1.165, 1.54) is 18.9 Å². The van der Waals surface area contributed by atoms with Crippen molar-refractivity contribution in [2.24, 2.45) is 9.98 Å². The van der Waals surface area contributed by atoms with E-state index in [1.807, 2.05) is 5.32 Å². The van der Waals surface area contributed by atoms with Crippen molar-refractivity contribution < 1.29 is 30.9 Å². The van der Waals surface area contributed by atoms with Crippen LogP contribution in [0, 0.1) is 0 Å². The predicted molar refractivity (Wildman–Crippen MR) is 96.0 cm³/mol. The third-order valence-corrected chi connectivity index (χ3v) is 5.22. The van der Waals surface area contributed by atoms with Crippen LogP contribution in [-0.2, 0) is 17.4 Å². The van der Waals surface area contributed by atoms with E-state index in [1.54, 1.807) is 0 Å². The first-order chi connectivity index (χ1) is 13.4. The van der Waals surface area contributed by atoms with Gasteiger partial charge in [0.1, 0.15) is 17.3 Å². The summed E-state index contributed by atoms with van der Waals surface area (Å²) in [5, 5.41) is 1.99. The molecule has 160 valence electrons. The Hall–Kier alpha value is -2.28. The Kier molecular flexibility index (Phi) is 6.83. The molecule has 13 heteroatoms. The number of nitrogens with one attached hydrogen (secondary N) is 1. The number of alkyl halides is 6. The minimum atomic E-state index is -4.67. The van der Waals surface area contributed by atoms with E-state index in [0.29, 0.717) is 12.4 Å².